The van der Waals surface area contributed by atoms with Crippen molar-refractivity contribution in [1.29, 1.82) is 5.26 Å². The van der Waals surface area contributed by atoms with Gasteiger partial charge in [-0.1, -0.05) is 29.8 Å². The van der Waals surface area contributed by atoms with E-state index in [4.69, 9.17) is 9.15 Å². The van der Waals surface area contributed by atoms with Gasteiger partial charge in [-0.15, -0.1) is 0 Å². The van der Waals surface area contributed by atoms with Crippen LogP contribution in [0.5, 0.6) is 0 Å². The Morgan fingerprint density at radius 1 is 1.17 bits per heavy atom. The summed E-state index contributed by atoms with van der Waals surface area (Å²) < 4.78 is 11.0. The summed E-state index contributed by atoms with van der Waals surface area (Å²) in [4.78, 5) is 14.0. The fraction of sp³-hybridized carbons (Fsp3) is 0.263. The smallest absolute Gasteiger partial charge is 0.264 e. The largest absolute Gasteiger partial charge is 0.457 e. The van der Waals surface area contributed by atoms with Gasteiger partial charge in [-0.05, 0) is 19.1 Å². The summed E-state index contributed by atoms with van der Waals surface area (Å²) in [6.07, 6.45) is 1.50. The molecule has 2 heterocycles. The minimum atomic E-state index is -0.283. The third kappa shape index (κ3) is 3.55. The van der Waals surface area contributed by atoms with Gasteiger partial charge in [-0.2, -0.15) is 5.26 Å². The first kappa shape index (κ1) is 16.0. The molecule has 1 aliphatic rings. The molecule has 0 aliphatic carbocycles. The summed E-state index contributed by atoms with van der Waals surface area (Å²) in [6, 6.07) is 13.5. The van der Waals surface area contributed by atoms with Gasteiger partial charge >= 0.3 is 0 Å². The predicted molar refractivity (Wildman–Crippen MR) is 89.9 cm³/mol. The normalized spacial score (nSPS) is 15.2. The number of aryl methyl sites for hydroxylation is 1. The van der Waals surface area contributed by atoms with Crippen LogP contribution in [0.3, 0.4) is 0 Å². The van der Waals surface area contributed by atoms with Crippen molar-refractivity contribution in [2.45, 2.75) is 6.92 Å². The number of hydrogen-bond donors (Lipinski definition) is 0. The van der Waals surface area contributed by atoms with Gasteiger partial charge in [0.1, 0.15) is 23.2 Å². The Hall–Kier alpha value is -2.84. The highest BCUT2D eigenvalue weighted by atomic mass is 16.5. The van der Waals surface area contributed by atoms with Gasteiger partial charge in [-0.3, -0.25) is 4.79 Å². The molecule has 1 amide bonds. The van der Waals surface area contributed by atoms with Gasteiger partial charge < -0.3 is 14.1 Å². The van der Waals surface area contributed by atoms with Crippen molar-refractivity contribution >= 4 is 12.0 Å². The van der Waals surface area contributed by atoms with Gasteiger partial charge in [0.15, 0.2) is 0 Å². The number of carbonyl (C=O) groups is 1. The lowest BCUT2D eigenvalue weighted by Crippen LogP contribution is -2.41. The van der Waals surface area contributed by atoms with E-state index in [1.54, 1.807) is 11.0 Å². The van der Waals surface area contributed by atoms with Crippen molar-refractivity contribution in [1.82, 2.24) is 4.90 Å². The van der Waals surface area contributed by atoms with Crippen LogP contribution in [-0.4, -0.2) is 37.1 Å². The van der Waals surface area contributed by atoms with Crippen molar-refractivity contribution in [2.75, 3.05) is 26.3 Å². The van der Waals surface area contributed by atoms with Crippen molar-refractivity contribution in [3.63, 3.8) is 0 Å². The third-order valence-electron chi connectivity index (χ3n) is 3.90. The second-order valence-corrected chi connectivity index (χ2v) is 5.64. The average Bonchev–Trinajstić information content (AvgIpc) is 3.09. The molecule has 5 heteroatoms. The van der Waals surface area contributed by atoms with Crippen molar-refractivity contribution in [2.24, 2.45) is 0 Å². The highest BCUT2D eigenvalue weighted by Gasteiger charge is 2.21. The number of rotatable bonds is 3. The van der Waals surface area contributed by atoms with Crippen LogP contribution in [0, 0.1) is 18.3 Å². The molecule has 5 nitrogen and oxygen atoms in total. The maximum atomic E-state index is 12.4. The van der Waals surface area contributed by atoms with Crippen LogP contribution in [0.15, 0.2) is 46.4 Å². The average molecular weight is 322 g/mol. The lowest BCUT2D eigenvalue weighted by Gasteiger charge is -2.26. The molecule has 3 rings (SSSR count). The fourth-order valence-corrected chi connectivity index (χ4v) is 2.52. The molecule has 1 aromatic carbocycles. The van der Waals surface area contributed by atoms with Crippen LogP contribution in [-0.2, 0) is 9.53 Å². The van der Waals surface area contributed by atoms with E-state index in [9.17, 15) is 10.1 Å². The maximum Gasteiger partial charge on any atom is 0.264 e. The molecule has 0 N–H and O–H groups in total. The monoisotopic (exact) mass is 322 g/mol. The van der Waals surface area contributed by atoms with Crippen LogP contribution in [0.2, 0.25) is 0 Å². The van der Waals surface area contributed by atoms with Gasteiger partial charge in [0.05, 0.1) is 13.2 Å². The Morgan fingerprint density at radius 2 is 1.88 bits per heavy atom. The lowest BCUT2D eigenvalue weighted by molar-refractivity contribution is -0.130. The minimum Gasteiger partial charge on any atom is -0.457 e. The highest BCUT2D eigenvalue weighted by molar-refractivity contribution is 6.01. The summed E-state index contributed by atoms with van der Waals surface area (Å²) in [6.45, 7) is 4.04. The molecule has 1 saturated heterocycles. The number of hydrogen-bond acceptors (Lipinski definition) is 4. The molecule has 24 heavy (non-hydrogen) atoms. The number of amides is 1. The zero-order chi connectivity index (χ0) is 16.9. The number of ether oxygens (including phenoxy) is 1. The Labute approximate surface area is 140 Å². The van der Waals surface area contributed by atoms with E-state index in [1.165, 1.54) is 11.6 Å². The van der Waals surface area contributed by atoms with E-state index in [2.05, 4.69) is 0 Å². The molecule has 0 radical (unpaired) electrons. The quantitative estimate of drug-likeness (QED) is 0.643. The maximum absolute atomic E-state index is 12.4. The topological polar surface area (TPSA) is 66.5 Å². The molecule has 2 aromatic rings. The number of furan rings is 1. The van der Waals surface area contributed by atoms with E-state index in [0.29, 0.717) is 37.8 Å². The van der Waals surface area contributed by atoms with Gasteiger partial charge in [0.2, 0.25) is 0 Å². The van der Waals surface area contributed by atoms with E-state index >= 15 is 0 Å². The summed E-state index contributed by atoms with van der Waals surface area (Å²) in [7, 11) is 0. The number of nitriles is 1. The molecular weight excluding hydrogens is 304 g/mol. The molecule has 0 spiro atoms. The number of benzene rings is 1. The number of morpholine rings is 1. The van der Waals surface area contributed by atoms with Crippen molar-refractivity contribution in [3.8, 4) is 17.4 Å². The predicted octanol–water partition coefficient (Wildman–Crippen LogP) is 3.02. The zero-order valence-electron chi connectivity index (χ0n) is 13.5. The van der Waals surface area contributed by atoms with Crippen LogP contribution in [0.1, 0.15) is 11.3 Å². The lowest BCUT2D eigenvalue weighted by atomic mass is 10.1. The van der Waals surface area contributed by atoms with Gasteiger partial charge in [0.25, 0.3) is 5.91 Å². The summed E-state index contributed by atoms with van der Waals surface area (Å²) in [5.74, 6) is 0.912. The van der Waals surface area contributed by atoms with Gasteiger partial charge in [-0.25, -0.2) is 0 Å². The summed E-state index contributed by atoms with van der Waals surface area (Å²) in [5.41, 5.74) is 2.20. The number of carbonyl (C=O) groups excluding carboxylic acids is 1. The molecular formula is C19H18N2O3. The molecule has 0 atom stereocenters. The zero-order valence-corrected chi connectivity index (χ0v) is 13.5. The third-order valence-corrected chi connectivity index (χ3v) is 3.90. The number of nitrogens with zero attached hydrogens (tertiary/aromatic N) is 2. The molecule has 0 unspecified atom stereocenters. The Balaban J connectivity index is 1.80. The Morgan fingerprint density at radius 3 is 2.54 bits per heavy atom. The van der Waals surface area contributed by atoms with Gasteiger partial charge in [0, 0.05) is 24.7 Å². The SMILES string of the molecule is Cc1ccc(-c2ccc(/C=C(/C#N)C(=O)N3CCOCC3)o2)cc1. The van der Waals surface area contributed by atoms with E-state index in [0.717, 1.165) is 5.56 Å². The molecule has 0 bridgehead atoms. The summed E-state index contributed by atoms with van der Waals surface area (Å²) >= 11 is 0. The van der Waals surface area contributed by atoms with Crippen molar-refractivity contribution < 1.29 is 13.9 Å². The molecule has 122 valence electrons. The highest BCUT2D eigenvalue weighted by Crippen LogP contribution is 2.24. The first-order chi connectivity index (χ1) is 11.7. The summed E-state index contributed by atoms with van der Waals surface area (Å²) in [5, 5.41) is 9.30. The van der Waals surface area contributed by atoms with E-state index < -0.39 is 0 Å². The second-order valence-electron chi connectivity index (χ2n) is 5.64. The fourth-order valence-electron chi connectivity index (χ4n) is 2.52. The van der Waals surface area contributed by atoms with Crippen LogP contribution < -0.4 is 0 Å². The molecule has 0 saturated carbocycles. The van der Waals surface area contributed by atoms with Crippen LogP contribution >= 0.6 is 0 Å². The molecule has 1 aliphatic heterocycles. The first-order valence-corrected chi connectivity index (χ1v) is 7.83. The standard InChI is InChI=1S/C19H18N2O3/c1-14-2-4-15(5-3-14)18-7-6-17(24-18)12-16(13-20)19(22)21-8-10-23-11-9-21/h2-7,12H,8-11H2,1H3/b16-12-. The van der Waals surface area contributed by atoms with Crippen LogP contribution in [0.25, 0.3) is 17.4 Å². The minimum absolute atomic E-state index is 0.0710. The van der Waals surface area contributed by atoms with E-state index in [-0.39, 0.29) is 11.5 Å². The molecule has 1 aromatic heterocycles. The molecule has 1 fully saturated rings. The Kier molecular flexibility index (Phi) is 4.78. The Bertz CT molecular complexity index is 791. The first-order valence-electron chi connectivity index (χ1n) is 7.83. The second kappa shape index (κ2) is 7.16. The van der Waals surface area contributed by atoms with Crippen molar-refractivity contribution in [3.05, 3.63) is 53.3 Å². The van der Waals surface area contributed by atoms with Crippen LogP contribution in [0.4, 0.5) is 0 Å². The van der Waals surface area contributed by atoms with E-state index in [1.807, 2.05) is 43.3 Å².